The van der Waals surface area contributed by atoms with Crippen molar-refractivity contribution in [1.29, 1.82) is 0 Å². The van der Waals surface area contributed by atoms with Crippen molar-refractivity contribution in [3.05, 3.63) is 29.8 Å². The summed E-state index contributed by atoms with van der Waals surface area (Å²) in [6, 6.07) is 3.47. The maximum Gasteiger partial charge on any atom is 0.411 e. The first-order chi connectivity index (χ1) is 11.8. The van der Waals surface area contributed by atoms with Crippen molar-refractivity contribution in [1.82, 2.24) is 4.90 Å². The molecular formula is C19H27NO5. The van der Waals surface area contributed by atoms with E-state index < -0.39 is 5.60 Å². The van der Waals surface area contributed by atoms with Crippen LogP contribution in [-0.2, 0) is 4.74 Å². The molecule has 0 bridgehead atoms. The minimum atomic E-state index is -0.544. The van der Waals surface area contributed by atoms with Gasteiger partial charge < -0.3 is 18.9 Å². The van der Waals surface area contributed by atoms with Crippen LogP contribution >= 0.6 is 0 Å². The second kappa shape index (κ2) is 7.68. The molecule has 0 saturated heterocycles. The van der Waals surface area contributed by atoms with Crippen molar-refractivity contribution >= 4 is 6.09 Å². The fourth-order valence-corrected chi connectivity index (χ4v) is 2.77. The Hall–Kier alpha value is -2.37. The minimum absolute atomic E-state index is 0.252. The van der Waals surface area contributed by atoms with Crippen LogP contribution in [0.25, 0.3) is 0 Å². The number of hydrogen-bond donors (Lipinski definition) is 0. The fourth-order valence-electron chi connectivity index (χ4n) is 2.77. The van der Waals surface area contributed by atoms with Crippen molar-refractivity contribution in [3.63, 3.8) is 0 Å². The molecule has 0 aliphatic carbocycles. The maximum absolute atomic E-state index is 12.6. The average Bonchev–Trinajstić information content (AvgIpc) is 2.58. The lowest BCUT2D eigenvalue weighted by molar-refractivity contribution is 0.0190. The summed E-state index contributed by atoms with van der Waals surface area (Å²) in [6.45, 7) is 6.17. The van der Waals surface area contributed by atoms with Gasteiger partial charge in [0.25, 0.3) is 0 Å². The molecule has 1 amide bonds. The Morgan fingerprint density at radius 1 is 1.08 bits per heavy atom. The molecule has 0 radical (unpaired) electrons. The van der Waals surface area contributed by atoms with Crippen LogP contribution in [0.2, 0.25) is 0 Å². The largest absolute Gasteiger partial charge is 0.493 e. The highest BCUT2D eigenvalue weighted by molar-refractivity contribution is 5.70. The number of carbonyl (C=O) groups is 1. The van der Waals surface area contributed by atoms with E-state index in [1.54, 1.807) is 26.2 Å². The fraction of sp³-hybridized carbons (Fsp3) is 0.526. The molecule has 1 aliphatic rings. The summed E-state index contributed by atoms with van der Waals surface area (Å²) in [7, 11) is 4.71. The SMILES string of the molecule is COc1cc([C@H]2C=CCCN2C(=O)OC(C)(C)C)cc(OC)c1OC. The van der Waals surface area contributed by atoms with Gasteiger partial charge in [0.2, 0.25) is 5.75 Å². The Morgan fingerprint density at radius 2 is 1.68 bits per heavy atom. The van der Waals surface area contributed by atoms with Gasteiger partial charge in [0, 0.05) is 6.54 Å². The minimum Gasteiger partial charge on any atom is -0.493 e. The lowest BCUT2D eigenvalue weighted by Crippen LogP contribution is -2.40. The Morgan fingerprint density at radius 3 is 2.16 bits per heavy atom. The summed E-state index contributed by atoms with van der Waals surface area (Å²) in [4.78, 5) is 14.3. The standard InChI is InChI=1S/C19H27NO5/c1-19(2,3)25-18(21)20-10-8-7-9-14(20)13-11-15(22-4)17(24-6)16(12-13)23-5/h7,9,11-12,14H,8,10H2,1-6H3/t14-/m1/s1. The van der Waals surface area contributed by atoms with Crippen LogP contribution in [-0.4, -0.2) is 44.5 Å². The first kappa shape index (κ1) is 19.0. The molecule has 0 spiro atoms. The molecule has 0 unspecified atom stereocenters. The summed E-state index contributed by atoms with van der Waals surface area (Å²) >= 11 is 0. The zero-order valence-corrected chi connectivity index (χ0v) is 15.8. The van der Waals surface area contributed by atoms with Gasteiger partial charge in [-0.1, -0.05) is 12.2 Å². The van der Waals surface area contributed by atoms with E-state index in [0.717, 1.165) is 12.0 Å². The third-order valence-corrected chi connectivity index (χ3v) is 3.85. The number of ether oxygens (including phenoxy) is 4. The number of rotatable bonds is 4. The Labute approximate surface area is 149 Å². The highest BCUT2D eigenvalue weighted by atomic mass is 16.6. The second-order valence-electron chi connectivity index (χ2n) is 6.79. The molecule has 6 heteroatoms. The smallest absolute Gasteiger partial charge is 0.411 e. The zero-order valence-electron chi connectivity index (χ0n) is 15.8. The van der Waals surface area contributed by atoms with Gasteiger partial charge in [-0.05, 0) is 44.9 Å². The average molecular weight is 349 g/mol. The molecule has 1 aliphatic heterocycles. The molecule has 6 nitrogen and oxygen atoms in total. The number of hydrogen-bond acceptors (Lipinski definition) is 5. The molecule has 1 aromatic rings. The van der Waals surface area contributed by atoms with Gasteiger partial charge in [-0.3, -0.25) is 4.90 Å². The van der Waals surface area contributed by atoms with Crippen LogP contribution in [0.3, 0.4) is 0 Å². The Bertz CT molecular complexity index is 623. The predicted octanol–water partition coefficient (Wildman–Crippen LogP) is 3.95. The monoisotopic (exact) mass is 349 g/mol. The van der Waals surface area contributed by atoms with Crippen LogP contribution < -0.4 is 14.2 Å². The van der Waals surface area contributed by atoms with E-state index in [0.29, 0.717) is 23.8 Å². The van der Waals surface area contributed by atoms with Gasteiger partial charge >= 0.3 is 6.09 Å². The van der Waals surface area contributed by atoms with Crippen LogP contribution in [0.5, 0.6) is 17.2 Å². The number of carbonyl (C=O) groups excluding carboxylic acids is 1. The number of nitrogens with zero attached hydrogens (tertiary/aromatic N) is 1. The second-order valence-corrected chi connectivity index (χ2v) is 6.79. The number of amides is 1. The summed E-state index contributed by atoms with van der Waals surface area (Å²) in [5, 5.41) is 0. The van der Waals surface area contributed by atoms with E-state index in [2.05, 4.69) is 6.08 Å². The van der Waals surface area contributed by atoms with Crippen LogP contribution in [0, 0.1) is 0 Å². The van der Waals surface area contributed by atoms with Crippen molar-refractivity contribution in [2.75, 3.05) is 27.9 Å². The zero-order chi connectivity index (χ0) is 18.6. The molecule has 0 N–H and O–H groups in total. The van der Waals surface area contributed by atoms with E-state index in [1.807, 2.05) is 39.0 Å². The molecule has 1 atom stereocenters. The lowest BCUT2D eigenvalue weighted by Gasteiger charge is -2.34. The normalized spacial score (nSPS) is 17.2. The van der Waals surface area contributed by atoms with Crippen molar-refractivity contribution in [3.8, 4) is 17.2 Å². The van der Waals surface area contributed by atoms with Gasteiger partial charge in [0.05, 0.1) is 27.4 Å². The van der Waals surface area contributed by atoms with E-state index in [-0.39, 0.29) is 12.1 Å². The van der Waals surface area contributed by atoms with Crippen LogP contribution in [0.1, 0.15) is 38.8 Å². The lowest BCUT2D eigenvalue weighted by atomic mass is 10.0. The van der Waals surface area contributed by atoms with E-state index in [4.69, 9.17) is 18.9 Å². The summed E-state index contributed by atoms with van der Waals surface area (Å²) in [5.74, 6) is 1.64. The van der Waals surface area contributed by atoms with E-state index in [9.17, 15) is 4.79 Å². The van der Waals surface area contributed by atoms with Gasteiger partial charge in [-0.2, -0.15) is 0 Å². The highest BCUT2D eigenvalue weighted by Crippen LogP contribution is 2.41. The Balaban J connectivity index is 2.41. The summed E-state index contributed by atoms with van der Waals surface area (Å²) in [6.07, 6.45) is 4.51. The molecule has 1 heterocycles. The van der Waals surface area contributed by atoms with Gasteiger partial charge in [0.15, 0.2) is 11.5 Å². The van der Waals surface area contributed by atoms with Gasteiger partial charge in [-0.15, -0.1) is 0 Å². The molecule has 0 fully saturated rings. The van der Waals surface area contributed by atoms with Gasteiger partial charge in [-0.25, -0.2) is 4.79 Å². The van der Waals surface area contributed by atoms with Crippen molar-refractivity contribution in [2.24, 2.45) is 0 Å². The van der Waals surface area contributed by atoms with Crippen LogP contribution in [0.15, 0.2) is 24.3 Å². The Kier molecular flexibility index (Phi) is 5.82. The van der Waals surface area contributed by atoms with E-state index >= 15 is 0 Å². The molecule has 2 rings (SSSR count). The highest BCUT2D eigenvalue weighted by Gasteiger charge is 2.30. The predicted molar refractivity (Wildman–Crippen MR) is 95.5 cm³/mol. The summed E-state index contributed by atoms with van der Waals surface area (Å²) in [5.41, 5.74) is 0.328. The van der Waals surface area contributed by atoms with Crippen molar-refractivity contribution < 1.29 is 23.7 Å². The molecular weight excluding hydrogens is 322 g/mol. The maximum atomic E-state index is 12.6. The topological polar surface area (TPSA) is 57.2 Å². The van der Waals surface area contributed by atoms with E-state index in [1.165, 1.54) is 0 Å². The summed E-state index contributed by atoms with van der Waals surface area (Å²) < 4.78 is 21.8. The number of benzene rings is 1. The molecule has 138 valence electrons. The third-order valence-electron chi connectivity index (χ3n) is 3.85. The first-order valence-corrected chi connectivity index (χ1v) is 8.27. The van der Waals surface area contributed by atoms with Crippen LogP contribution in [0.4, 0.5) is 4.79 Å². The molecule has 0 saturated carbocycles. The quantitative estimate of drug-likeness (QED) is 0.770. The molecule has 1 aromatic carbocycles. The van der Waals surface area contributed by atoms with Gasteiger partial charge in [0.1, 0.15) is 5.60 Å². The van der Waals surface area contributed by atoms with Crippen molar-refractivity contribution in [2.45, 2.75) is 38.8 Å². The molecule has 0 aromatic heterocycles. The first-order valence-electron chi connectivity index (χ1n) is 8.27. The number of methoxy groups -OCH3 is 3. The molecule has 25 heavy (non-hydrogen) atoms. The third kappa shape index (κ3) is 4.38.